The van der Waals surface area contributed by atoms with Gasteiger partial charge in [0.05, 0.1) is 0 Å². The van der Waals surface area contributed by atoms with E-state index in [1.807, 2.05) is 27.7 Å². The molecule has 0 fully saturated rings. The minimum Gasteiger partial charge on any atom is -0.355 e. The second-order valence-electron chi connectivity index (χ2n) is 7.49. The van der Waals surface area contributed by atoms with Crippen LogP contribution in [-0.2, 0) is 19.2 Å². The first-order valence-corrected chi connectivity index (χ1v) is 10.2. The fraction of sp³-hybridized carbons (Fsp3) is 0.810. The van der Waals surface area contributed by atoms with Gasteiger partial charge in [0.1, 0.15) is 11.6 Å². The van der Waals surface area contributed by atoms with Crippen LogP contribution in [0.2, 0.25) is 0 Å². The highest BCUT2D eigenvalue weighted by Gasteiger charge is 2.32. The monoisotopic (exact) mass is 382 g/mol. The number of rotatable bonds is 14. The molecule has 0 aromatic heterocycles. The van der Waals surface area contributed by atoms with Gasteiger partial charge in [-0.2, -0.15) is 0 Å². The van der Waals surface area contributed by atoms with Crippen LogP contribution in [0.1, 0.15) is 86.5 Å². The van der Waals surface area contributed by atoms with Crippen LogP contribution < -0.4 is 10.6 Å². The van der Waals surface area contributed by atoms with Crippen LogP contribution in [0, 0.1) is 10.8 Å². The highest BCUT2D eigenvalue weighted by Crippen LogP contribution is 2.27. The summed E-state index contributed by atoms with van der Waals surface area (Å²) in [5.41, 5.74) is -0.993. The third-order valence-corrected chi connectivity index (χ3v) is 6.26. The number of hydrogen-bond donors (Lipinski definition) is 2. The molecule has 156 valence electrons. The molecule has 0 heterocycles. The number of carbonyl (C=O) groups excluding carboxylic acids is 4. The second kappa shape index (κ2) is 11.9. The summed E-state index contributed by atoms with van der Waals surface area (Å²) >= 11 is 0. The van der Waals surface area contributed by atoms with Crippen LogP contribution in [-0.4, -0.2) is 36.5 Å². The summed E-state index contributed by atoms with van der Waals surface area (Å²) < 4.78 is 0. The molecule has 0 radical (unpaired) electrons. The molecule has 0 saturated carbocycles. The lowest BCUT2D eigenvalue weighted by Gasteiger charge is -2.29. The lowest BCUT2D eigenvalue weighted by atomic mass is 9.78. The molecular weight excluding hydrogens is 344 g/mol. The van der Waals surface area contributed by atoms with Crippen LogP contribution in [0.5, 0.6) is 0 Å². The molecule has 0 aliphatic heterocycles. The smallest absolute Gasteiger partial charge is 0.220 e. The molecule has 6 heteroatoms. The standard InChI is InChI=1S/C21H38N2O4/c1-7-20(8-2,16(5)24)14-22-18(26)12-11-13-19(27)23-15-21(9-3,10-4)17(6)25/h7-15H2,1-6H3,(H,22,26)(H,23,27). The number of Topliss-reactive ketones (excluding diaryl/α,β-unsaturated/α-hetero) is 2. The van der Waals surface area contributed by atoms with Crippen molar-refractivity contribution >= 4 is 23.4 Å². The van der Waals surface area contributed by atoms with Crippen molar-refractivity contribution in [3.8, 4) is 0 Å². The molecule has 27 heavy (non-hydrogen) atoms. The predicted molar refractivity (Wildman–Crippen MR) is 107 cm³/mol. The summed E-state index contributed by atoms with van der Waals surface area (Å²) in [7, 11) is 0. The molecule has 0 aromatic carbocycles. The van der Waals surface area contributed by atoms with Crippen molar-refractivity contribution in [2.24, 2.45) is 10.8 Å². The van der Waals surface area contributed by atoms with Gasteiger partial charge in [0.15, 0.2) is 0 Å². The first-order valence-electron chi connectivity index (χ1n) is 10.2. The maximum atomic E-state index is 12.0. The van der Waals surface area contributed by atoms with Crippen molar-refractivity contribution in [1.82, 2.24) is 10.6 Å². The zero-order chi connectivity index (χ0) is 21.1. The van der Waals surface area contributed by atoms with Crippen molar-refractivity contribution in [2.45, 2.75) is 86.5 Å². The summed E-state index contributed by atoms with van der Waals surface area (Å²) in [6.07, 6.45) is 3.68. The summed E-state index contributed by atoms with van der Waals surface area (Å²) in [6.45, 7) is 11.6. The Morgan fingerprint density at radius 2 is 0.926 bits per heavy atom. The predicted octanol–water partition coefficient (Wildman–Crippen LogP) is 3.18. The van der Waals surface area contributed by atoms with E-state index in [0.717, 1.165) is 0 Å². The number of ketones is 2. The molecule has 0 aromatic rings. The van der Waals surface area contributed by atoms with Gasteiger partial charge in [0.2, 0.25) is 11.8 Å². The lowest BCUT2D eigenvalue weighted by molar-refractivity contribution is -0.129. The Labute approximate surface area is 164 Å². The number of nitrogens with one attached hydrogen (secondary N) is 2. The van der Waals surface area contributed by atoms with Gasteiger partial charge < -0.3 is 10.6 Å². The van der Waals surface area contributed by atoms with Gasteiger partial charge in [-0.25, -0.2) is 0 Å². The van der Waals surface area contributed by atoms with Crippen molar-refractivity contribution in [2.75, 3.05) is 13.1 Å². The van der Waals surface area contributed by atoms with Gasteiger partial charge in [0, 0.05) is 36.8 Å². The Bertz CT molecular complexity index is 474. The minimum atomic E-state index is -0.497. The molecule has 0 rings (SSSR count). The van der Waals surface area contributed by atoms with Gasteiger partial charge in [-0.05, 0) is 46.0 Å². The normalized spacial score (nSPS) is 11.8. The van der Waals surface area contributed by atoms with Crippen LogP contribution in [0.4, 0.5) is 0 Å². The van der Waals surface area contributed by atoms with Crippen LogP contribution in [0.3, 0.4) is 0 Å². The van der Waals surface area contributed by atoms with Crippen molar-refractivity contribution in [1.29, 1.82) is 0 Å². The van der Waals surface area contributed by atoms with Crippen molar-refractivity contribution < 1.29 is 19.2 Å². The molecule has 0 bridgehead atoms. The Morgan fingerprint density at radius 1 is 0.630 bits per heavy atom. The van der Waals surface area contributed by atoms with Crippen LogP contribution in [0.25, 0.3) is 0 Å². The Hall–Kier alpha value is -1.72. The largest absolute Gasteiger partial charge is 0.355 e. The van der Waals surface area contributed by atoms with E-state index >= 15 is 0 Å². The van der Waals surface area contributed by atoms with Gasteiger partial charge in [0.25, 0.3) is 0 Å². The lowest BCUT2D eigenvalue weighted by Crippen LogP contribution is -2.42. The zero-order valence-electron chi connectivity index (χ0n) is 18.0. The summed E-state index contributed by atoms with van der Waals surface area (Å²) in [6, 6.07) is 0. The summed E-state index contributed by atoms with van der Waals surface area (Å²) in [4.78, 5) is 47.8. The van der Waals surface area contributed by atoms with E-state index < -0.39 is 10.8 Å². The molecule has 0 aliphatic carbocycles. The van der Waals surface area contributed by atoms with E-state index in [4.69, 9.17) is 0 Å². The highest BCUT2D eigenvalue weighted by atomic mass is 16.2. The van der Waals surface area contributed by atoms with Gasteiger partial charge in [-0.3, -0.25) is 19.2 Å². The van der Waals surface area contributed by atoms with E-state index in [1.54, 1.807) is 13.8 Å². The molecule has 6 nitrogen and oxygen atoms in total. The van der Waals surface area contributed by atoms with Crippen molar-refractivity contribution in [3.63, 3.8) is 0 Å². The fourth-order valence-electron chi connectivity index (χ4n) is 3.37. The Balaban J connectivity index is 4.33. The Morgan fingerprint density at radius 3 is 1.15 bits per heavy atom. The molecule has 0 saturated heterocycles. The number of amides is 2. The molecule has 2 amide bonds. The first kappa shape index (κ1) is 25.3. The maximum absolute atomic E-state index is 12.0. The molecule has 2 N–H and O–H groups in total. The number of carbonyl (C=O) groups is 4. The average molecular weight is 383 g/mol. The third kappa shape index (κ3) is 7.43. The quantitative estimate of drug-likeness (QED) is 0.482. The molecule has 0 unspecified atom stereocenters. The third-order valence-electron chi connectivity index (χ3n) is 6.26. The molecular formula is C21H38N2O4. The van der Waals surface area contributed by atoms with Crippen LogP contribution in [0.15, 0.2) is 0 Å². The Kier molecular flexibility index (Phi) is 11.1. The maximum Gasteiger partial charge on any atom is 0.220 e. The summed E-state index contributed by atoms with van der Waals surface area (Å²) in [5.74, 6) is -0.105. The van der Waals surface area contributed by atoms with E-state index in [-0.39, 0.29) is 36.2 Å². The summed E-state index contributed by atoms with van der Waals surface area (Å²) in [5, 5.41) is 5.67. The van der Waals surface area contributed by atoms with Crippen LogP contribution >= 0.6 is 0 Å². The van der Waals surface area contributed by atoms with Crippen molar-refractivity contribution in [3.05, 3.63) is 0 Å². The topological polar surface area (TPSA) is 92.3 Å². The second-order valence-corrected chi connectivity index (χ2v) is 7.49. The van der Waals surface area contributed by atoms with Gasteiger partial charge in [-0.15, -0.1) is 0 Å². The first-order chi connectivity index (χ1) is 12.6. The van der Waals surface area contributed by atoms with Gasteiger partial charge in [-0.1, -0.05) is 27.7 Å². The average Bonchev–Trinajstić information content (AvgIpc) is 2.63. The zero-order valence-corrected chi connectivity index (χ0v) is 18.0. The molecule has 0 atom stereocenters. The van der Waals surface area contributed by atoms with E-state index in [1.165, 1.54) is 0 Å². The SMILES string of the molecule is CCC(CC)(CNC(=O)CCCC(=O)NCC(CC)(CC)C(C)=O)C(C)=O. The fourth-order valence-corrected chi connectivity index (χ4v) is 3.37. The number of hydrogen-bond acceptors (Lipinski definition) is 4. The van der Waals surface area contributed by atoms with E-state index in [2.05, 4.69) is 10.6 Å². The van der Waals surface area contributed by atoms with E-state index in [9.17, 15) is 19.2 Å². The molecule has 0 spiro atoms. The minimum absolute atomic E-state index is 0.0907. The van der Waals surface area contributed by atoms with Gasteiger partial charge >= 0.3 is 0 Å². The highest BCUT2D eigenvalue weighted by molar-refractivity contribution is 5.85. The molecule has 0 aliphatic rings. The van der Waals surface area contributed by atoms with E-state index in [0.29, 0.717) is 45.2 Å².